The number of para-hydroxylation sites is 1. The van der Waals surface area contributed by atoms with Crippen molar-refractivity contribution in [3.05, 3.63) is 54.6 Å². The Kier molecular flexibility index (Phi) is 3.42. The van der Waals surface area contributed by atoms with Crippen molar-refractivity contribution < 1.29 is 14.3 Å². The molecule has 2 aromatic heterocycles. The Morgan fingerprint density at radius 1 is 1.14 bits per heavy atom. The Morgan fingerprint density at radius 3 is 2.86 bits per heavy atom. The first-order chi connectivity index (χ1) is 10.3. The molecule has 0 spiro atoms. The number of pyridine rings is 1. The second-order valence-corrected chi connectivity index (χ2v) is 4.20. The Morgan fingerprint density at radius 2 is 2.00 bits per heavy atom. The van der Waals surface area contributed by atoms with Crippen LogP contribution in [0.4, 0.5) is 0 Å². The van der Waals surface area contributed by atoms with E-state index in [4.69, 9.17) is 4.74 Å². The average molecular weight is 281 g/mol. The fourth-order valence-corrected chi connectivity index (χ4v) is 1.83. The summed E-state index contributed by atoms with van der Waals surface area (Å²) in [5.41, 5.74) is 0.961. The van der Waals surface area contributed by atoms with Crippen molar-refractivity contribution in [3.8, 4) is 11.6 Å². The van der Waals surface area contributed by atoms with Gasteiger partial charge in [0.05, 0.1) is 31.2 Å². The summed E-state index contributed by atoms with van der Waals surface area (Å²) in [4.78, 5) is 23.6. The normalized spacial score (nSPS) is 10.3. The molecule has 21 heavy (non-hydrogen) atoms. The number of esters is 1. The quantitative estimate of drug-likeness (QED) is 0.687. The Bertz CT molecular complexity index is 805. The highest BCUT2D eigenvalue weighted by Crippen LogP contribution is 2.22. The van der Waals surface area contributed by atoms with E-state index in [2.05, 4.69) is 19.7 Å². The summed E-state index contributed by atoms with van der Waals surface area (Å²) in [6.07, 6.45) is 4.33. The number of hydrogen-bond acceptors (Lipinski definition) is 6. The zero-order chi connectivity index (χ0) is 14.7. The minimum atomic E-state index is -0.565. The molecule has 3 aromatic rings. The molecule has 0 aliphatic carbocycles. The van der Waals surface area contributed by atoms with Gasteiger partial charge in [-0.15, -0.1) is 0 Å². The van der Waals surface area contributed by atoms with Crippen LogP contribution >= 0.6 is 0 Å². The monoisotopic (exact) mass is 281 g/mol. The van der Waals surface area contributed by atoms with Crippen LogP contribution < -0.4 is 4.74 Å². The van der Waals surface area contributed by atoms with Gasteiger partial charge in [0, 0.05) is 5.39 Å². The number of rotatable bonds is 3. The second-order valence-electron chi connectivity index (χ2n) is 4.20. The maximum absolute atomic E-state index is 11.4. The standard InChI is InChI=1S/C15H11N3O3/c1-20-15(19)13-8-16-9-14(18-13)21-11-6-10-4-2-3-5-12(10)17-7-11/h2-9H,1H3. The maximum atomic E-state index is 11.4. The van der Waals surface area contributed by atoms with Gasteiger partial charge in [0.2, 0.25) is 5.88 Å². The van der Waals surface area contributed by atoms with Crippen molar-refractivity contribution in [2.24, 2.45) is 0 Å². The topological polar surface area (TPSA) is 74.2 Å². The third-order valence-electron chi connectivity index (χ3n) is 2.79. The van der Waals surface area contributed by atoms with Crippen LogP contribution in [-0.2, 0) is 4.74 Å². The lowest BCUT2D eigenvalue weighted by molar-refractivity contribution is 0.0592. The first-order valence-corrected chi connectivity index (χ1v) is 6.19. The Hall–Kier alpha value is -3.02. The second kappa shape index (κ2) is 5.54. The molecule has 6 heteroatoms. The first kappa shape index (κ1) is 13.0. The van der Waals surface area contributed by atoms with E-state index in [1.165, 1.54) is 19.5 Å². The molecule has 0 amide bonds. The minimum Gasteiger partial charge on any atom is -0.464 e. The largest absolute Gasteiger partial charge is 0.464 e. The zero-order valence-electron chi connectivity index (χ0n) is 11.2. The Balaban J connectivity index is 1.89. The summed E-state index contributed by atoms with van der Waals surface area (Å²) >= 11 is 0. The van der Waals surface area contributed by atoms with E-state index >= 15 is 0 Å². The molecule has 104 valence electrons. The number of nitrogens with zero attached hydrogens (tertiary/aromatic N) is 3. The predicted molar refractivity (Wildman–Crippen MR) is 75.2 cm³/mol. The summed E-state index contributed by atoms with van der Waals surface area (Å²) in [7, 11) is 1.28. The fraction of sp³-hybridized carbons (Fsp3) is 0.0667. The number of carbonyl (C=O) groups excluding carboxylic acids is 1. The number of carbonyl (C=O) groups is 1. The molecule has 0 unspecified atom stereocenters. The van der Waals surface area contributed by atoms with Gasteiger partial charge in [-0.3, -0.25) is 9.97 Å². The van der Waals surface area contributed by atoms with Crippen LogP contribution in [0.15, 0.2) is 48.9 Å². The van der Waals surface area contributed by atoms with Crippen molar-refractivity contribution in [1.29, 1.82) is 0 Å². The molecule has 0 saturated heterocycles. The van der Waals surface area contributed by atoms with E-state index in [1.807, 2.05) is 30.3 Å². The van der Waals surface area contributed by atoms with Crippen LogP contribution in [0.25, 0.3) is 10.9 Å². The van der Waals surface area contributed by atoms with E-state index in [0.29, 0.717) is 5.75 Å². The van der Waals surface area contributed by atoms with Crippen LogP contribution in [0.3, 0.4) is 0 Å². The number of fused-ring (bicyclic) bond motifs is 1. The lowest BCUT2D eigenvalue weighted by Gasteiger charge is -2.06. The number of aromatic nitrogens is 3. The smallest absolute Gasteiger partial charge is 0.358 e. The van der Waals surface area contributed by atoms with Crippen molar-refractivity contribution in [2.45, 2.75) is 0 Å². The van der Waals surface area contributed by atoms with Crippen LogP contribution in [0.2, 0.25) is 0 Å². The molecular weight excluding hydrogens is 270 g/mol. The zero-order valence-corrected chi connectivity index (χ0v) is 11.2. The van der Waals surface area contributed by atoms with E-state index < -0.39 is 5.97 Å². The molecule has 0 aliphatic heterocycles. The Labute approximate surface area is 120 Å². The SMILES string of the molecule is COC(=O)c1cncc(Oc2cnc3ccccc3c2)n1. The molecule has 2 heterocycles. The molecule has 0 bridgehead atoms. The number of hydrogen-bond donors (Lipinski definition) is 0. The van der Waals surface area contributed by atoms with Gasteiger partial charge in [0.1, 0.15) is 5.75 Å². The molecule has 0 aliphatic rings. The molecule has 1 aromatic carbocycles. The number of methoxy groups -OCH3 is 1. The van der Waals surface area contributed by atoms with Crippen LogP contribution in [-0.4, -0.2) is 28.0 Å². The molecule has 0 atom stereocenters. The summed E-state index contributed by atoms with van der Waals surface area (Å²) in [6.45, 7) is 0. The molecule has 0 N–H and O–H groups in total. The van der Waals surface area contributed by atoms with E-state index in [0.717, 1.165) is 10.9 Å². The highest BCUT2D eigenvalue weighted by molar-refractivity contribution is 5.86. The summed E-state index contributed by atoms with van der Waals surface area (Å²) in [5, 5.41) is 0.951. The molecule has 0 saturated carbocycles. The first-order valence-electron chi connectivity index (χ1n) is 6.19. The van der Waals surface area contributed by atoms with Crippen molar-refractivity contribution >= 4 is 16.9 Å². The highest BCUT2D eigenvalue weighted by Gasteiger charge is 2.10. The number of benzene rings is 1. The summed E-state index contributed by atoms with van der Waals surface area (Å²) < 4.78 is 10.2. The molecule has 0 fully saturated rings. The molecule has 0 radical (unpaired) electrons. The lowest BCUT2D eigenvalue weighted by atomic mass is 10.2. The van der Waals surface area contributed by atoms with Gasteiger partial charge in [0.15, 0.2) is 5.69 Å². The van der Waals surface area contributed by atoms with Gasteiger partial charge in [-0.25, -0.2) is 9.78 Å². The van der Waals surface area contributed by atoms with Crippen LogP contribution in [0.1, 0.15) is 10.5 Å². The van der Waals surface area contributed by atoms with E-state index in [9.17, 15) is 4.79 Å². The fourth-order valence-electron chi connectivity index (χ4n) is 1.83. The third-order valence-corrected chi connectivity index (χ3v) is 2.79. The van der Waals surface area contributed by atoms with Gasteiger partial charge in [-0.2, -0.15) is 0 Å². The predicted octanol–water partition coefficient (Wildman–Crippen LogP) is 2.60. The van der Waals surface area contributed by atoms with Crippen molar-refractivity contribution in [3.63, 3.8) is 0 Å². The number of ether oxygens (including phenoxy) is 2. The van der Waals surface area contributed by atoms with Crippen molar-refractivity contribution in [2.75, 3.05) is 7.11 Å². The maximum Gasteiger partial charge on any atom is 0.358 e. The van der Waals surface area contributed by atoms with Gasteiger partial charge in [-0.05, 0) is 12.1 Å². The van der Waals surface area contributed by atoms with Crippen molar-refractivity contribution in [1.82, 2.24) is 15.0 Å². The average Bonchev–Trinajstić information content (AvgIpc) is 2.54. The molecule has 6 nitrogen and oxygen atoms in total. The highest BCUT2D eigenvalue weighted by atomic mass is 16.5. The minimum absolute atomic E-state index is 0.0868. The van der Waals surface area contributed by atoms with Crippen LogP contribution in [0, 0.1) is 0 Å². The van der Waals surface area contributed by atoms with E-state index in [-0.39, 0.29) is 11.6 Å². The van der Waals surface area contributed by atoms with Gasteiger partial charge in [0.25, 0.3) is 0 Å². The molecular formula is C15H11N3O3. The van der Waals surface area contributed by atoms with Crippen LogP contribution in [0.5, 0.6) is 11.6 Å². The van der Waals surface area contributed by atoms with Gasteiger partial charge < -0.3 is 9.47 Å². The lowest BCUT2D eigenvalue weighted by Crippen LogP contribution is -2.05. The summed E-state index contributed by atoms with van der Waals surface area (Å²) in [6, 6.07) is 9.53. The van der Waals surface area contributed by atoms with Gasteiger partial charge >= 0.3 is 5.97 Å². The molecule has 3 rings (SSSR count). The third kappa shape index (κ3) is 2.79. The van der Waals surface area contributed by atoms with Gasteiger partial charge in [-0.1, -0.05) is 18.2 Å². The van der Waals surface area contributed by atoms with E-state index in [1.54, 1.807) is 6.20 Å². The summed E-state index contributed by atoms with van der Waals surface area (Å²) in [5.74, 6) is 0.157.